The number of rotatable bonds is 6. The first-order valence-electron chi connectivity index (χ1n) is 7.76. The number of nitriles is 1. The van der Waals surface area contributed by atoms with Crippen LogP contribution in [0.1, 0.15) is 18.1 Å². The average molecular weight is 337 g/mol. The lowest BCUT2D eigenvalue weighted by Gasteiger charge is -2.16. The first-order chi connectivity index (χ1) is 12.2. The maximum absolute atomic E-state index is 12.4. The van der Waals surface area contributed by atoms with Gasteiger partial charge in [0.2, 0.25) is 0 Å². The normalized spacial score (nSPS) is 9.68. The van der Waals surface area contributed by atoms with Crippen LogP contribution in [0.5, 0.6) is 11.5 Å². The molecule has 0 amide bonds. The maximum Gasteiger partial charge on any atom is 0.349 e. The molecule has 2 aromatic carbocycles. The molecule has 0 aliphatic carbocycles. The van der Waals surface area contributed by atoms with Crippen LogP contribution in [0.25, 0.3) is 5.57 Å². The zero-order chi connectivity index (χ0) is 18.2. The quantitative estimate of drug-likeness (QED) is 0.458. The summed E-state index contributed by atoms with van der Waals surface area (Å²) >= 11 is 0. The van der Waals surface area contributed by atoms with E-state index in [1.165, 1.54) is 14.2 Å². The summed E-state index contributed by atoms with van der Waals surface area (Å²) < 4.78 is 15.9. The molecule has 0 saturated heterocycles. The molecular formula is C20H19NO4. The van der Waals surface area contributed by atoms with Crippen molar-refractivity contribution in [2.75, 3.05) is 20.8 Å². The van der Waals surface area contributed by atoms with E-state index in [0.717, 1.165) is 0 Å². The van der Waals surface area contributed by atoms with E-state index in [1.54, 1.807) is 31.2 Å². The fraction of sp³-hybridized carbons (Fsp3) is 0.200. The zero-order valence-electron chi connectivity index (χ0n) is 14.4. The number of hydrogen-bond donors (Lipinski definition) is 0. The van der Waals surface area contributed by atoms with Crippen LogP contribution in [0.4, 0.5) is 0 Å². The Balaban J connectivity index is 2.85. The van der Waals surface area contributed by atoms with E-state index >= 15 is 0 Å². The van der Waals surface area contributed by atoms with Gasteiger partial charge in [0, 0.05) is 16.7 Å². The molecule has 0 unspecified atom stereocenters. The summed E-state index contributed by atoms with van der Waals surface area (Å²) in [4.78, 5) is 12.4. The molecule has 0 atom stereocenters. The smallest absolute Gasteiger partial charge is 0.349 e. The van der Waals surface area contributed by atoms with Gasteiger partial charge in [0.1, 0.15) is 23.1 Å². The molecule has 0 aliphatic heterocycles. The highest BCUT2D eigenvalue weighted by atomic mass is 16.5. The highest BCUT2D eigenvalue weighted by Gasteiger charge is 2.24. The molecule has 2 rings (SSSR count). The fourth-order valence-electron chi connectivity index (χ4n) is 2.52. The minimum absolute atomic E-state index is 0.101. The van der Waals surface area contributed by atoms with Crippen molar-refractivity contribution in [3.63, 3.8) is 0 Å². The summed E-state index contributed by atoms with van der Waals surface area (Å²) in [6, 6.07) is 16.4. The lowest BCUT2D eigenvalue weighted by atomic mass is 9.92. The van der Waals surface area contributed by atoms with Crippen LogP contribution >= 0.6 is 0 Å². The standard InChI is InChI=1S/C20H19NO4/c1-4-25-20(22)16(13-21)19(14-9-5-7-11-17(14)23-2)15-10-6-8-12-18(15)24-3/h5-12H,4H2,1-3H3. The summed E-state index contributed by atoms with van der Waals surface area (Å²) in [5, 5.41) is 9.65. The van der Waals surface area contributed by atoms with Gasteiger partial charge in [0.05, 0.1) is 20.8 Å². The van der Waals surface area contributed by atoms with Gasteiger partial charge >= 0.3 is 5.97 Å². The molecule has 0 spiro atoms. The largest absolute Gasteiger partial charge is 0.496 e. The third-order valence-corrected chi connectivity index (χ3v) is 3.59. The Morgan fingerprint density at radius 2 is 1.44 bits per heavy atom. The van der Waals surface area contributed by atoms with Crippen molar-refractivity contribution in [1.82, 2.24) is 0 Å². The second kappa shape index (κ2) is 8.55. The Morgan fingerprint density at radius 1 is 0.960 bits per heavy atom. The van der Waals surface area contributed by atoms with Gasteiger partial charge < -0.3 is 14.2 Å². The Bertz CT molecular complexity index is 784. The Morgan fingerprint density at radius 3 is 1.84 bits per heavy atom. The van der Waals surface area contributed by atoms with E-state index in [0.29, 0.717) is 28.2 Å². The van der Waals surface area contributed by atoms with Gasteiger partial charge in [-0.2, -0.15) is 5.26 Å². The van der Waals surface area contributed by atoms with E-state index < -0.39 is 5.97 Å². The van der Waals surface area contributed by atoms with E-state index in [-0.39, 0.29) is 12.2 Å². The topological polar surface area (TPSA) is 68.6 Å². The fourth-order valence-corrected chi connectivity index (χ4v) is 2.52. The number of carbonyl (C=O) groups excluding carboxylic acids is 1. The molecule has 5 heteroatoms. The van der Waals surface area contributed by atoms with Gasteiger partial charge in [0.15, 0.2) is 0 Å². The second-order valence-corrected chi connectivity index (χ2v) is 4.98. The van der Waals surface area contributed by atoms with Crippen LogP contribution < -0.4 is 9.47 Å². The van der Waals surface area contributed by atoms with Gasteiger partial charge in [-0.3, -0.25) is 0 Å². The highest BCUT2D eigenvalue weighted by molar-refractivity contribution is 6.06. The predicted molar refractivity (Wildman–Crippen MR) is 94.3 cm³/mol. The van der Waals surface area contributed by atoms with Gasteiger partial charge in [-0.15, -0.1) is 0 Å². The Hall–Kier alpha value is -3.26. The monoisotopic (exact) mass is 337 g/mol. The van der Waals surface area contributed by atoms with E-state index in [9.17, 15) is 10.1 Å². The molecule has 2 aromatic rings. The van der Waals surface area contributed by atoms with Crippen molar-refractivity contribution in [3.8, 4) is 17.6 Å². The van der Waals surface area contributed by atoms with Crippen molar-refractivity contribution in [2.24, 2.45) is 0 Å². The van der Waals surface area contributed by atoms with Crippen LogP contribution in [-0.2, 0) is 9.53 Å². The maximum atomic E-state index is 12.4. The predicted octanol–water partition coefficient (Wildman–Crippen LogP) is 3.59. The summed E-state index contributed by atoms with van der Waals surface area (Å²) in [7, 11) is 3.07. The summed E-state index contributed by atoms with van der Waals surface area (Å²) in [6.45, 7) is 1.87. The molecule has 0 heterocycles. The number of para-hydroxylation sites is 2. The molecular weight excluding hydrogens is 318 g/mol. The SMILES string of the molecule is CCOC(=O)C(C#N)=C(c1ccccc1OC)c1ccccc1OC. The lowest BCUT2D eigenvalue weighted by molar-refractivity contribution is -0.137. The zero-order valence-corrected chi connectivity index (χ0v) is 14.4. The number of methoxy groups -OCH3 is 2. The third-order valence-electron chi connectivity index (χ3n) is 3.59. The molecule has 0 aromatic heterocycles. The molecule has 0 bridgehead atoms. The number of benzene rings is 2. The molecule has 0 saturated carbocycles. The third kappa shape index (κ3) is 3.81. The minimum Gasteiger partial charge on any atom is -0.496 e. The van der Waals surface area contributed by atoms with Crippen molar-refractivity contribution in [3.05, 3.63) is 65.2 Å². The number of nitrogens with zero attached hydrogens (tertiary/aromatic N) is 1. The molecule has 25 heavy (non-hydrogen) atoms. The lowest BCUT2D eigenvalue weighted by Crippen LogP contribution is -2.10. The Kier molecular flexibility index (Phi) is 6.19. The summed E-state index contributed by atoms with van der Waals surface area (Å²) in [6.07, 6.45) is 0. The number of esters is 1. The van der Waals surface area contributed by atoms with Crippen LogP contribution in [0.2, 0.25) is 0 Å². The average Bonchev–Trinajstić information content (AvgIpc) is 2.66. The molecule has 128 valence electrons. The van der Waals surface area contributed by atoms with Crippen molar-refractivity contribution >= 4 is 11.5 Å². The van der Waals surface area contributed by atoms with Crippen molar-refractivity contribution in [2.45, 2.75) is 6.92 Å². The molecule has 0 fully saturated rings. The van der Waals surface area contributed by atoms with Crippen LogP contribution in [0.3, 0.4) is 0 Å². The first-order valence-corrected chi connectivity index (χ1v) is 7.76. The Labute approximate surface area is 147 Å². The number of carbonyl (C=O) groups is 1. The molecule has 0 aliphatic rings. The van der Waals surface area contributed by atoms with Gasteiger partial charge in [-0.25, -0.2) is 4.79 Å². The molecule has 0 N–H and O–H groups in total. The number of ether oxygens (including phenoxy) is 3. The van der Waals surface area contributed by atoms with Gasteiger partial charge in [-0.1, -0.05) is 36.4 Å². The summed E-state index contributed by atoms with van der Waals surface area (Å²) in [5.41, 5.74) is 1.53. The van der Waals surface area contributed by atoms with Crippen LogP contribution in [0, 0.1) is 11.3 Å². The van der Waals surface area contributed by atoms with Gasteiger partial charge in [-0.05, 0) is 19.1 Å². The van der Waals surface area contributed by atoms with Crippen molar-refractivity contribution < 1.29 is 19.0 Å². The van der Waals surface area contributed by atoms with Crippen LogP contribution in [0.15, 0.2) is 54.1 Å². The summed E-state index contributed by atoms with van der Waals surface area (Å²) in [5.74, 6) is 0.401. The minimum atomic E-state index is -0.684. The van der Waals surface area contributed by atoms with Crippen LogP contribution in [-0.4, -0.2) is 26.8 Å². The molecule has 0 radical (unpaired) electrons. The van der Waals surface area contributed by atoms with E-state index in [4.69, 9.17) is 14.2 Å². The highest BCUT2D eigenvalue weighted by Crippen LogP contribution is 2.37. The van der Waals surface area contributed by atoms with Crippen molar-refractivity contribution in [1.29, 1.82) is 5.26 Å². The van der Waals surface area contributed by atoms with E-state index in [1.807, 2.05) is 30.3 Å². The first kappa shape index (κ1) is 18.1. The van der Waals surface area contributed by atoms with E-state index in [2.05, 4.69) is 0 Å². The second-order valence-electron chi connectivity index (χ2n) is 4.98. The van der Waals surface area contributed by atoms with Gasteiger partial charge in [0.25, 0.3) is 0 Å². The molecule has 5 nitrogen and oxygen atoms in total. The number of hydrogen-bond acceptors (Lipinski definition) is 5.